The van der Waals surface area contributed by atoms with Crippen molar-refractivity contribution in [2.24, 2.45) is 0 Å². The fourth-order valence-electron chi connectivity index (χ4n) is 2.45. The Morgan fingerprint density at radius 1 is 1.29 bits per heavy atom. The minimum atomic E-state index is 0.536. The van der Waals surface area contributed by atoms with Gasteiger partial charge in [0.25, 0.3) is 0 Å². The Morgan fingerprint density at radius 3 is 3.06 bits per heavy atom. The van der Waals surface area contributed by atoms with E-state index in [1.807, 2.05) is 0 Å². The summed E-state index contributed by atoms with van der Waals surface area (Å²) in [6.07, 6.45) is 4.31. The summed E-state index contributed by atoms with van der Waals surface area (Å²) in [7, 11) is 0. The van der Waals surface area contributed by atoms with Gasteiger partial charge in [-0.15, -0.1) is 11.8 Å². The molecule has 2 aliphatic heterocycles. The summed E-state index contributed by atoms with van der Waals surface area (Å²) < 4.78 is 5.65. The first-order valence-corrected chi connectivity index (χ1v) is 8.39. The molecule has 0 N–H and O–H groups in total. The van der Waals surface area contributed by atoms with E-state index in [9.17, 15) is 0 Å². The highest BCUT2D eigenvalue weighted by atomic mass is 32.2. The van der Waals surface area contributed by atoms with Gasteiger partial charge in [-0.2, -0.15) is 11.8 Å². The van der Waals surface area contributed by atoms with Crippen LogP contribution in [0.5, 0.6) is 0 Å². The van der Waals surface area contributed by atoms with Crippen LogP contribution in [0.2, 0.25) is 0 Å². The van der Waals surface area contributed by atoms with Crippen molar-refractivity contribution in [3.8, 4) is 0 Å². The van der Waals surface area contributed by atoms with E-state index in [0.29, 0.717) is 6.10 Å². The predicted molar refractivity (Wildman–Crippen MR) is 76.1 cm³/mol. The molecule has 92 valence electrons. The Balaban J connectivity index is 1.43. The highest BCUT2D eigenvalue weighted by Gasteiger charge is 2.22. The van der Waals surface area contributed by atoms with Crippen LogP contribution in [0.15, 0.2) is 29.2 Å². The molecule has 1 aromatic carbocycles. The lowest BCUT2D eigenvalue weighted by Crippen LogP contribution is -2.11. The molecule has 2 aliphatic rings. The van der Waals surface area contributed by atoms with E-state index in [0.717, 1.165) is 11.9 Å². The lowest BCUT2D eigenvalue weighted by Gasteiger charge is -2.11. The average Bonchev–Trinajstić information content (AvgIpc) is 2.96. The van der Waals surface area contributed by atoms with E-state index in [1.165, 1.54) is 35.7 Å². The van der Waals surface area contributed by atoms with Crippen LogP contribution in [0.3, 0.4) is 0 Å². The molecule has 0 amide bonds. The van der Waals surface area contributed by atoms with Crippen LogP contribution in [0.25, 0.3) is 0 Å². The van der Waals surface area contributed by atoms with Gasteiger partial charge in [0.05, 0.1) is 6.10 Å². The summed E-state index contributed by atoms with van der Waals surface area (Å²) in [5, 5.41) is 0.777. The second-order valence-electron chi connectivity index (χ2n) is 4.72. The van der Waals surface area contributed by atoms with Crippen LogP contribution in [0.4, 0.5) is 0 Å². The average molecular weight is 266 g/mol. The summed E-state index contributed by atoms with van der Waals surface area (Å²) in [6, 6.07) is 8.83. The molecule has 0 saturated carbocycles. The van der Waals surface area contributed by atoms with Gasteiger partial charge in [0.2, 0.25) is 0 Å². The minimum Gasteiger partial charge on any atom is -0.377 e. The summed E-state index contributed by atoms with van der Waals surface area (Å²) in [4.78, 5) is 1.50. The number of hydrogen-bond acceptors (Lipinski definition) is 3. The highest BCUT2D eigenvalue weighted by Crippen LogP contribution is 2.38. The molecular weight excluding hydrogens is 248 g/mol. The van der Waals surface area contributed by atoms with Crippen LogP contribution in [0.1, 0.15) is 18.4 Å². The largest absolute Gasteiger partial charge is 0.377 e. The van der Waals surface area contributed by atoms with Crippen molar-refractivity contribution in [2.45, 2.75) is 35.5 Å². The fourth-order valence-corrected chi connectivity index (χ4v) is 5.14. The second kappa shape index (κ2) is 5.68. The normalized spacial score (nSPS) is 27.3. The molecule has 1 saturated heterocycles. The Bertz CT molecular complexity index is 349. The maximum atomic E-state index is 5.65. The zero-order chi connectivity index (χ0) is 11.5. The fraction of sp³-hybridized carbons (Fsp3) is 0.571. The minimum absolute atomic E-state index is 0.536. The Hall–Kier alpha value is -0.120. The first-order valence-electron chi connectivity index (χ1n) is 6.36. The topological polar surface area (TPSA) is 9.23 Å². The third kappa shape index (κ3) is 3.01. The summed E-state index contributed by atoms with van der Waals surface area (Å²) in [6.45, 7) is 0.981. The summed E-state index contributed by atoms with van der Waals surface area (Å²) >= 11 is 4.13. The number of benzene rings is 1. The van der Waals surface area contributed by atoms with E-state index in [4.69, 9.17) is 4.74 Å². The molecule has 3 rings (SSSR count). The predicted octanol–water partition coefficient (Wildman–Crippen LogP) is 3.62. The van der Waals surface area contributed by atoms with Crippen LogP contribution >= 0.6 is 23.5 Å². The molecule has 0 spiro atoms. The maximum Gasteiger partial charge on any atom is 0.0666 e. The van der Waals surface area contributed by atoms with Crippen molar-refractivity contribution in [2.75, 3.05) is 18.1 Å². The van der Waals surface area contributed by atoms with E-state index in [-0.39, 0.29) is 0 Å². The molecular formula is C14H18OS2. The van der Waals surface area contributed by atoms with Crippen molar-refractivity contribution >= 4 is 23.5 Å². The summed E-state index contributed by atoms with van der Waals surface area (Å²) in [5.41, 5.74) is 1.54. The zero-order valence-corrected chi connectivity index (χ0v) is 11.6. The van der Waals surface area contributed by atoms with Crippen LogP contribution in [-0.2, 0) is 11.2 Å². The monoisotopic (exact) mass is 266 g/mol. The SMILES string of the molecule is c1ccc2c(c1)CC(CSCC1CCCO1)S2. The third-order valence-corrected chi connectivity index (χ3v) is 6.12. The van der Waals surface area contributed by atoms with Crippen LogP contribution < -0.4 is 0 Å². The van der Waals surface area contributed by atoms with E-state index in [1.54, 1.807) is 5.56 Å². The van der Waals surface area contributed by atoms with Gasteiger partial charge in [-0.05, 0) is 30.9 Å². The molecule has 0 aromatic heterocycles. The summed E-state index contributed by atoms with van der Waals surface area (Å²) in [5.74, 6) is 2.45. The molecule has 0 aliphatic carbocycles. The van der Waals surface area contributed by atoms with Crippen molar-refractivity contribution in [1.82, 2.24) is 0 Å². The first kappa shape index (κ1) is 11.9. The zero-order valence-electron chi connectivity index (χ0n) is 9.93. The number of fused-ring (bicyclic) bond motifs is 1. The number of ether oxygens (including phenoxy) is 1. The molecule has 3 heteroatoms. The lowest BCUT2D eigenvalue weighted by molar-refractivity contribution is 0.129. The van der Waals surface area contributed by atoms with Crippen molar-refractivity contribution in [3.63, 3.8) is 0 Å². The molecule has 1 nitrogen and oxygen atoms in total. The van der Waals surface area contributed by atoms with Gasteiger partial charge in [-0.3, -0.25) is 0 Å². The Kier molecular flexibility index (Phi) is 3.99. The molecule has 1 fully saturated rings. The number of rotatable bonds is 4. The molecule has 0 radical (unpaired) electrons. The lowest BCUT2D eigenvalue weighted by atomic mass is 10.1. The number of hydrogen-bond donors (Lipinski definition) is 0. The van der Waals surface area contributed by atoms with Gasteiger partial charge in [0.15, 0.2) is 0 Å². The van der Waals surface area contributed by atoms with Crippen LogP contribution in [-0.4, -0.2) is 29.5 Å². The van der Waals surface area contributed by atoms with E-state index >= 15 is 0 Å². The van der Waals surface area contributed by atoms with Crippen molar-refractivity contribution in [3.05, 3.63) is 29.8 Å². The van der Waals surface area contributed by atoms with E-state index in [2.05, 4.69) is 47.8 Å². The van der Waals surface area contributed by atoms with Crippen molar-refractivity contribution in [1.29, 1.82) is 0 Å². The molecule has 17 heavy (non-hydrogen) atoms. The molecule has 1 aromatic rings. The van der Waals surface area contributed by atoms with Gasteiger partial charge in [-0.1, -0.05) is 18.2 Å². The Labute approximate surface area is 112 Å². The molecule has 0 bridgehead atoms. The van der Waals surface area contributed by atoms with Crippen molar-refractivity contribution < 1.29 is 4.74 Å². The van der Waals surface area contributed by atoms with Gasteiger partial charge < -0.3 is 4.74 Å². The standard InChI is InChI=1S/C14H18OS2/c1-2-6-14-11(4-1)8-13(17-14)10-16-9-12-5-3-7-15-12/h1-2,4,6,12-13H,3,5,7-10H2. The molecule has 2 heterocycles. The highest BCUT2D eigenvalue weighted by molar-refractivity contribution is 8.03. The first-order chi connectivity index (χ1) is 8.42. The third-order valence-electron chi connectivity index (χ3n) is 3.35. The van der Waals surface area contributed by atoms with Gasteiger partial charge >= 0.3 is 0 Å². The van der Waals surface area contributed by atoms with Gasteiger partial charge in [0.1, 0.15) is 0 Å². The number of thioether (sulfide) groups is 2. The van der Waals surface area contributed by atoms with Crippen LogP contribution in [0, 0.1) is 0 Å². The quantitative estimate of drug-likeness (QED) is 0.824. The van der Waals surface area contributed by atoms with Gasteiger partial charge in [0, 0.05) is 28.3 Å². The van der Waals surface area contributed by atoms with E-state index < -0.39 is 0 Å². The Morgan fingerprint density at radius 2 is 2.24 bits per heavy atom. The van der Waals surface area contributed by atoms with Gasteiger partial charge in [-0.25, -0.2) is 0 Å². The second-order valence-corrected chi connectivity index (χ2v) is 7.14. The smallest absolute Gasteiger partial charge is 0.0666 e. The molecule has 2 unspecified atom stereocenters. The molecule has 2 atom stereocenters. The maximum absolute atomic E-state index is 5.65.